The number of fused-ring (bicyclic) bond motifs is 1. The van der Waals surface area contributed by atoms with Gasteiger partial charge in [-0.25, -0.2) is 0 Å². The third-order valence-electron chi connectivity index (χ3n) is 2.57. The first-order valence-electron chi connectivity index (χ1n) is 4.47. The molecule has 0 atom stereocenters. The number of H-pyrrole nitrogens is 1. The van der Waals surface area contributed by atoms with Gasteiger partial charge >= 0.3 is 0 Å². The van der Waals surface area contributed by atoms with Crippen LogP contribution in [0.1, 0.15) is 26.2 Å². The summed E-state index contributed by atoms with van der Waals surface area (Å²) in [6.07, 6.45) is 5.24. The van der Waals surface area contributed by atoms with Crippen molar-refractivity contribution in [1.82, 2.24) is 4.98 Å². The van der Waals surface area contributed by atoms with Gasteiger partial charge in [0.1, 0.15) is 0 Å². The minimum absolute atomic E-state index is 1.02. The zero-order chi connectivity index (χ0) is 8.55. The Kier molecular flexibility index (Phi) is 1.68. The summed E-state index contributed by atoms with van der Waals surface area (Å²) in [5, 5.41) is 2.49. The van der Waals surface area contributed by atoms with Gasteiger partial charge in [-0.3, -0.25) is 0 Å². The van der Waals surface area contributed by atoms with E-state index in [1.165, 1.54) is 16.1 Å². The van der Waals surface area contributed by atoms with Crippen LogP contribution in [0.5, 0.6) is 0 Å². The Hall–Kier alpha value is -1.18. The van der Waals surface area contributed by atoms with Gasteiger partial charge in [-0.1, -0.05) is 6.92 Å². The lowest BCUT2D eigenvalue weighted by Crippen LogP contribution is -2.33. The number of hydrogen-bond acceptors (Lipinski definition) is 1. The van der Waals surface area contributed by atoms with Crippen LogP contribution in [0.3, 0.4) is 0 Å². The molecule has 0 radical (unpaired) electrons. The molecule has 0 fully saturated rings. The van der Waals surface area contributed by atoms with Gasteiger partial charge in [0.05, 0.1) is 0 Å². The van der Waals surface area contributed by atoms with Gasteiger partial charge in [0.2, 0.25) is 0 Å². The fraction of sp³-hybridized carbons (Fsp3) is 0.400. The van der Waals surface area contributed by atoms with Crippen LogP contribution in [0.15, 0.2) is 12.3 Å². The van der Waals surface area contributed by atoms with Crippen molar-refractivity contribution in [2.45, 2.75) is 26.2 Å². The molecule has 1 aliphatic carbocycles. The maximum atomic E-state index is 5.89. The summed E-state index contributed by atoms with van der Waals surface area (Å²) in [5.41, 5.74) is 8.43. The van der Waals surface area contributed by atoms with E-state index in [1.807, 2.05) is 6.20 Å². The number of rotatable bonds is 1. The number of hydrogen-bond donors (Lipinski definition) is 2. The third kappa shape index (κ3) is 0.951. The Morgan fingerprint density at radius 1 is 1.50 bits per heavy atom. The van der Waals surface area contributed by atoms with E-state index in [2.05, 4.69) is 18.0 Å². The summed E-state index contributed by atoms with van der Waals surface area (Å²) in [6.45, 7) is 2.20. The van der Waals surface area contributed by atoms with E-state index in [9.17, 15) is 0 Å². The molecule has 0 unspecified atom stereocenters. The van der Waals surface area contributed by atoms with E-state index in [4.69, 9.17) is 5.73 Å². The van der Waals surface area contributed by atoms with Crippen molar-refractivity contribution in [1.29, 1.82) is 0 Å². The van der Waals surface area contributed by atoms with Crippen LogP contribution in [0.4, 0.5) is 0 Å². The highest BCUT2D eigenvalue weighted by atomic mass is 14.7. The van der Waals surface area contributed by atoms with Crippen LogP contribution in [0, 0.1) is 0 Å². The van der Waals surface area contributed by atoms with Crippen molar-refractivity contribution in [3.05, 3.63) is 22.8 Å². The monoisotopic (exact) mass is 162 g/mol. The lowest BCUT2D eigenvalue weighted by molar-refractivity contribution is 0.959. The quantitative estimate of drug-likeness (QED) is 0.618. The van der Waals surface area contributed by atoms with E-state index in [1.54, 1.807) is 0 Å². The molecule has 1 aromatic rings. The molecular weight excluding hydrogens is 148 g/mol. The highest BCUT2D eigenvalue weighted by molar-refractivity contribution is 5.54. The number of nitrogens with one attached hydrogen (secondary N) is 1. The molecule has 0 saturated heterocycles. The first-order chi connectivity index (χ1) is 5.83. The van der Waals surface area contributed by atoms with Crippen LogP contribution in [-0.2, 0) is 0 Å². The van der Waals surface area contributed by atoms with Crippen molar-refractivity contribution in [2.75, 3.05) is 0 Å². The predicted octanol–water partition coefficient (Wildman–Crippen LogP) is 0.436. The molecule has 0 aromatic carbocycles. The molecule has 2 nitrogen and oxygen atoms in total. The van der Waals surface area contributed by atoms with E-state index in [0.717, 1.165) is 25.0 Å². The molecule has 2 rings (SSSR count). The average molecular weight is 162 g/mol. The van der Waals surface area contributed by atoms with Gasteiger partial charge in [-0.2, -0.15) is 0 Å². The molecule has 2 heteroatoms. The molecule has 0 spiro atoms. The fourth-order valence-electron chi connectivity index (χ4n) is 1.83. The fourth-order valence-corrected chi connectivity index (χ4v) is 1.83. The second-order valence-corrected chi connectivity index (χ2v) is 3.25. The Labute approximate surface area is 71.8 Å². The van der Waals surface area contributed by atoms with Gasteiger partial charge in [-0.15, -0.1) is 0 Å². The molecule has 3 N–H and O–H groups in total. The van der Waals surface area contributed by atoms with Crippen LogP contribution in [0.2, 0.25) is 0 Å². The summed E-state index contributed by atoms with van der Waals surface area (Å²) >= 11 is 0. The Morgan fingerprint density at radius 3 is 3.08 bits per heavy atom. The minimum atomic E-state index is 1.02. The molecule has 64 valence electrons. The highest BCUT2D eigenvalue weighted by Gasteiger charge is 2.07. The van der Waals surface area contributed by atoms with Gasteiger partial charge in [0.15, 0.2) is 0 Å². The maximum Gasteiger partial charge on any atom is 0.0463 e. The largest absolute Gasteiger partial charge is 0.401 e. The second kappa shape index (κ2) is 2.70. The van der Waals surface area contributed by atoms with Gasteiger partial charge in [-0.05, 0) is 30.9 Å². The van der Waals surface area contributed by atoms with Gasteiger partial charge in [0, 0.05) is 22.5 Å². The van der Waals surface area contributed by atoms with Crippen molar-refractivity contribution in [2.24, 2.45) is 5.73 Å². The summed E-state index contributed by atoms with van der Waals surface area (Å²) in [5.74, 6) is 0. The van der Waals surface area contributed by atoms with Crippen molar-refractivity contribution >= 4 is 11.3 Å². The molecule has 0 saturated carbocycles. The Morgan fingerprint density at radius 2 is 2.33 bits per heavy atom. The van der Waals surface area contributed by atoms with Crippen molar-refractivity contribution in [3.63, 3.8) is 0 Å². The van der Waals surface area contributed by atoms with Crippen LogP contribution in [-0.4, -0.2) is 4.98 Å². The molecule has 0 bridgehead atoms. The summed E-state index contributed by atoms with van der Waals surface area (Å²) in [7, 11) is 0. The standard InChI is InChI=1S/C10H14N2/c1-2-7-3-4-9(11)8-5-6-12-10(7)8/h5-6,12H,2-4,11H2,1H3. The molecule has 1 aliphatic rings. The number of nitrogens with two attached hydrogens (primary N) is 1. The SMILES string of the molecule is CCC1=c2[nH]ccc2=C(N)CC1. The maximum absolute atomic E-state index is 5.89. The second-order valence-electron chi connectivity index (χ2n) is 3.25. The normalized spacial score (nSPS) is 16.4. The van der Waals surface area contributed by atoms with Crippen LogP contribution in [0.25, 0.3) is 11.3 Å². The smallest absolute Gasteiger partial charge is 0.0463 e. The van der Waals surface area contributed by atoms with E-state index in [-0.39, 0.29) is 0 Å². The van der Waals surface area contributed by atoms with Crippen molar-refractivity contribution < 1.29 is 0 Å². The zero-order valence-corrected chi connectivity index (χ0v) is 7.35. The summed E-state index contributed by atoms with van der Waals surface area (Å²) in [4.78, 5) is 3.25. The zero-order valence-electron chi connectivity index (χ0n) is 7.35. The first-order valence-corrected chi connectivity index (χ1v) is 4.47. The third-order valence-corrected chi connectivity index (χ3v) is 2.57. The van der Waals surface area contributed by atoms with Gasteiger partial charge in [0.25, 0.3) is 0 Å². The first kappa shape index (κ1) is 7.47. The lowest BCUT2D eigenvalue weighted by Gasteiger charge is -2.09. The molecular formula is C10H14N2. The Bertz CT molecular complexity index is 398. The predicted molar refractivity (Wildman–Crippen MR) is 50.6 cm³/mol. The lowest BCUT2D eigenvalue weighted by atomic mass is 10.0. The minimum Gasteiger partial charge on any atom is -0.401 e. The van der Waals surface area contributed by atoms with E-state index in [0.29, 0.717) is 0 Å². The average Bonchev–Trinajstić information content (AvgIpc) is 2.54. The highest BCUT2D eigenvalue weighted by Crippen LogP contribution is 2.13. The molecule has 1 aromatic heterocycles. The summed E-state index contributed by atoms with van der Waals surface area (Å²) < 4.78 is 0. The topological polar surface area (TPSA) is 41.8 Å². The molecule has 1 heterocycles. The molecule has 0 amide bonds. The molecule has 0 aliphatic heterocycles. The van der Waals surface area contributed by atoms with E-state index < -0.39 is 0 Å². The Balaban J connectivity index is 2.82. The van der Waals surface area contributed by atoms with Crippen molar-refractivity contribution in [3.8, 4) is 0 Å². The van der Waals surface area contributed by atoms with Gasteiger partial charge < -0.3 is 10.7 Å². The van der Waals surface area contributed by atoms with Crippen LogP contribution < -0.4 is 16.3 Å². The number of aromatic nitrogens is 1. The summed E-state index contributed by atoms with van der Waals surface area (Å²) in [6, 6.07) is 2.07. The van der Waals surface area contributed by atoms with Crippen LogP contribution >= 0.6 is 0 Å². The number of aromatic amines is 1. The van der Waals surface area contributed by atoms with E-state index >= 15 is 0 Å². The molecule has 12 heavy (non-hydrogen) atoms.